The maximum absolute atomic E-state index is 5.82. The molecular weight excluding hydrogens is 286 g/mol. The molecule has 1 aromatic carbocycles. The van der Waals surface area contributed by atoms with Crippen LogP contribution in [0.3, 0.4) is 0 Å². The molecule has 2 aromatic rings. The van der Waals surface area contributed by atoms with Gasteiger partial charge in [0, 0.05) is 33.4 Å². The van der Waals surface area contributed by atoms with Crippen LogP contribution in [0.1, 0.15) is 23.2 Å². The first-order valence-corrected chi connectivity index (χ1v) is 8.41. The topological polar surface area (TPSA) is 30.3 Å². The van der Waals surface area contributed by atoms with E-state index in [2.05, 4.69) is 52.7 Å². The van der Waals surface area contributed by atoms with Crippen LogP contribution in [-0.2, 0) is 24.8 Å². The Bertz CT molecular complexity index is 637. The van der Waals surface area contributed by atoms with E-state index in [0.29, 0.717) is 12.0 Å². The fourth-order valence-electron chi connectivity index (χ4n) is 3.58. The average molecular weight is 313 g/mol. The predicted octanol–water partition coefficient (Wildman–Crippen LogP) is 2.81. The highest BCUT2D eigenvalue weighted by molar-refractivity contribution is 5.22. The van der Waals surface area contributed by atoms with Crippen molar-refractivity contribution in [3.8, 4) is 0 Å². The molecule has 1 fully saturated rings. The lowest BCUT2D eigenvalue weighted by atomic mass is 9.87. The predicted molar refractivity (Wildman–Crippen MR) is 92.3 cm³/mol. The van der Waals surface area contributed by atoms with E-state index in [4.69, 9.17) is 4.74 Å². The van der Waals surface area contributed by atoms with Gasteiger partial charge in [-0.05, 0) is 37.8 Å². The van der Waals surface area contributed by atoms with Gasteiger partial charge in [0.05, 0.1) is 18.1 Å². The van der Waals surface area contributed by atoms with Crippen molar-refractivity contribution in [3.63, 3.8) is 0 Å². The summed E-state index contributed by atoms with van der Waals surface area (Å²) in [6, 6.07) is 8.86. The van der Waals surface area contributed by atoms with Crippen LogP contribution in [0.5, 0.6) is 0 Å². The SMILES string of the molecule is CO[C@H]1CN(Cc2cncn2C)CC[C@@H]1Cc1cccc(C)c1. The maximum Gasteiger partial charge on any atom is 0.0945 e. The van der Waals surface area contributed by atoms with Gasteiger partial charge in [-0.2, -0.15) is 0 Å². The average Bonchev–Trinajstić information content (AvgIpc) is 2.94. The summed E-state index contributed by atoms with van der Waals surface area (Å²) in [7, 11) is 3.90. The van der Waals surface area contributed by atoms with E-state index in [1.807, 2.05) is 19.6 Å². The van der Waals surface area contributed by atoms with Crippen LogP contribution in [0.4, 0.5) is 0 Å². The molecule has 0 saturated carbocycles. The molecule has 1 aliphatic rings. The summed E-state index contributed by atoms with van der Waals surface area (Å²) in [5.74, 6) is 0.601. The number of methoxy groups -OCH3 is 1. The van der Waals surface area contributed by atoms with E-state index in [1.54, 1.807) is 0 Å². The Morgan fingerprint density at radius 3 is 2.91 bits per heavy atom. The van der Waals surface area contributed by atoms with Crippen LogP contribution in [-0.4, -0.2) is 40.8 Å². The number of likely N-dealkylation sites (tertiary alicyclic amines) is 1. The molecule has 0 bridgehead atoms. The van der Waals surface area contributed by atoms with E-state index >= 15 is 0 Å². The van der Waals surface area contributed by atoms with Gasteiger partial charge in [-0.1, -0.05) is 29.8 Å². The Labute approximate surface area is 139 Å². The molecule has 2 heterocycles. The van der Waals surface area contributed by atoms with Crippen LogP contribution >= 0.6 is 0 Å². The Balaban J connectivity index is 1.61. The first-order valence-electron chi connectivity index (χ1n) is 8.41. The third kappa shape index (κ3) is 4.01. The van der Waals surface area contributed by atoms with Crippen LogP contribution in [0.25, 0.3) is 0 Å². The number of ether oxygens (including phenoxy) is 1. The lowest BCUT2D eigenvalue weighted by molar-refractivity contribution is -0.0141. The fourth-order valence-corrected chi connectivity index (χ4v) is 3.58. The second-order valence-electron chi connectivity index (χ2n) is 6.75. The molecule has 0 N–H and O–H groups in total. The Morgan fingerprint density at radius 1 is 1.35 bits per heavy atom. The zero-order chi connectivity index (χ0) is 16.2. The normalized spacial score (nSPS) is 22.4. The molecule has 1 aromatic heterocycles. The molecule has 124 valence electrons. The van der Waals surface area contributed by atoms with Crippen LogP contribution in [0.2, 0.25) is 0 Å². The molecule has 0 spiro atoms. The monoisotopic (exact) mass is 313 g/mol. The number of aryl methyl sites for hydroxylation is 2. The Hall–Kier alpha value is -1.65. The van der Waals surface area contributed by atoms with Gasteiger partial charge in [-0.15, -0.1) is 0 Å². The molecule has 3 rings (SSSR count). The number of imidazole rings is 1. The molecule has 4 heteroatoms. The molecule has 1 saturated heterocycles. The number of piperidine rings is 1. The van der Waals surface area contributed by atoms with Gasteiger partial charge in [0.2, 0.25) is 0 Å². The van der Waals surface area contributed by atoms with Crippen molar-refractivity contribution < 1.29 is 4.74 Å². The van der Waals surface area contributed by atoms with Gasteiger partial charge in [0.1, 0.15) is 0 Å². The van der Waals surface area contributed by atoms with Crippen molar-refractivity contribution in [1.82, 2.24) is 14.5 Å². The van der Waals surface area contributed by atoms with Crippen molar-refractivity contribution >= 4 is 0 Å². The molecule has 23 heavy (non-hydrogen) atoms. The van der Waals surface area contributed by atoms with E-state index in [9.17, 15) is 0 Å². The zero-order valence-electron chi connectivity index (χ0n) is 14.4. The van der Waals surface area contributed by atoms with Crippen molar-refractivity contribution in [2.45, 2.75) is 32.4 Å². The molecule has 0 unspecified atom stereocenters. The molecule has 1 aliphatic heterocycles. The number of nitrogens with zero attached hydrogens (tertiary/aromatic N) is 3. The molecule has 2 atom stereocenters. The van der Waals surface area contributed by atoms with Gasteiger partial charge in [0.25, 0.3) is 0 Å². The largest absolute Gasteiger partial charge is 0.380 e. The van der Waals surface area contributed by atoms with E-state index < -0.39 is 0 Å². The zero-order valence-corrected chi connectivity index (χ0v) is 14.4. The lowest BCUT2D eigenvalue weighted by Gasteiger charge is -2.38. The fraction of sp³-hybridized carbons (Fsp3) is 0.526. The van der Waals surface area contributed by atoms with Gasteiger partial charge < -0.3 is 9.30 Å². The molecule has 0 radical (unpaired) electrons. The van der Waals surface area contributed by atoms with Gasteiger partial charge >= 0.3 is 0 Å². The van der Waals surface area contributed by atoms with Crippen LogP contribution in [0.15, 0.2) is 36.8 Å². The number of aromatic nitrogens is 2. The molecule has 0 amide bonds. The minimum atomic E-state index is 0.303. The van der Waals surface area contributed by atoms with Gasteiger partial charge in [-0.25, -0.2) is 4.98 Å². The first-order chi connectivity index (χ1) is 11.2. The Kier molecular flexibility index (Phi) is 5.13. The van der Waals surface area contributed by atoms with Crippen molar-refractivity contribution in [2.75, 3.05) is 20.2 Å². The highest BCUT2D eigenvalue weighted by Gasteiger charge is 2.29. The summed E-state index contributed by atoms with van der Waals surface area (Å²) in [5, 5.41) is 0. The third-order valence-corrected chi connectivity index (χ3v) is 4.97. The number of hydrogen-bond donors (Lipinski definition) is 0. The molecule has 0 aliphatic carbocycles. The van der Waals surface area contributed by atoms with Crippen molar-refractivity contribution in [3.05, 3.63) is 53.6 Å². The highest BCUT2D eigenvalue weighted by Crippen LogP contribution is 2.25. The number of rotatable bonds is 5. The third-order valence-electron chi connectivity index (χ3n) is 4.97. The first kappa shape index (κ1) is 16.2. The van der Waals surface area contributed by atoms with Gasteiger partial charge in [-0.3, -0.25) is 4.90 Å². The van der Waals surface area contributed by atoms with E-state index in [-0.39, 0.29) is 0 Å². The van der Waals surface area contributed by atoms with E-state index in [1.165, 1.54) is 23.2 Å². The van der Waals surface area contributed by atoms with Crippen LogP contribution < -0.4 is 0 Å². The number of hydrogen-bond acceptors (Lipinski definition) is 3. The second kappa shape index (κ2) is 7.28. The van der Waals surface area contributed by atoms with Crippen LogP contribution in [0, 0.1) is 12.8 Å². The summed E-state index contributed by atoms with van der Waals surface area (Å²) in [4.78, 5) is 6.69. The Morgan fingerprint density at radius 2 is 2.22 bits per heavy atom. The van der Waals surface area contributed by atoms with Crippen molar-refractivity contribution in [2.24, 2.45) is 13.0 Å². The standard InChI is InChI=1S/C19H27N3O/c1-15-5-4-6-16(9-15)10-17-7-8-22(13-19(17)23-3)12-18-11-20-14-21(18)2/h4-6,9,11,14,17,19H,7-8,10,12-13H2,1-3H3/t17-,19+/m1/s1. The minimum Gasteiger partial charge on any atom is -0.380 e. The second-order valence-corrected chi connectivity index (χ2v) is 6.75. The molecular formula is C19H27N3O. The summed E-state index contributed by atoms with van der Waals surface area (Å²) >= 11 is 0. The summed E-state index contributed by atoms with van der Waals surface area (Å²) in [6.45, 7) is 5.24. The summed E-state index contributed by atoms with van der Waals surface area (Å²) in [6.07, 6.45) is 6.43. The maximum atomic E-state index is 5.82. The minimum absolute atomic E-state index is 0.303. The summed E-state index contributed by atoms with van der Waals surface area (Å²) in [5.41, 5.74) is 4.03. The van der Waals surface area contributed by atoms with Gasteiger partial charge in [0.15, 0.2) is 0 Å². The highest BCUT2D eigenvalue weighted by atomic mass is 16.5. The quantitative estimate of drug-likeness (QED) is 0.850. The van der Waals surface area contributed by atoms with E-state index in [0.717, 1.165) is 26.1 Å². The smallest absolute Gasteiger partial charge is 0.0945 e. The lowest BCUT2D eigenvalue weighted by Crippen LogP contribution is -2.45. The van der Waals surface area contributed by atoms with Crippen molar-refractivity contribution in [1.29, 1.82) is 0 Å². The molecule has 4 nitrogen and oxygen atoms in total. The number of benzene rings is 1. The summed E-state index contributed by atoms with van der Waals surface area (Å²) < 4.78 is 7.92.